The van der Waals surface area contributed by atoms with Crippen LogP contribution in [0, 0.1) is 5.92 Å². The van der Waals surface area contributed by atoms with Gasteiger partial charge in [-0.05, 0) is 55.4 Å². The van der Waals surface area contributed by atoms with Crippen LogP contribution in [0.4, 0.5) is 0 Å². The standard InChI is InChI=1S/C28H29N3O2S2/c1-3-19-14-15-22-23(16-19)35-26-25(22)27(33)31(21-12-8-5-9-13-21)28(30-26)34-17-24(32)29-18(2)20-10-6-4-7-11-20/h4-13,18-19H,3,14-17H2,1-2H3,(H,29,32)/t18-,19+/m0/s1. The van der Waals surface area contributed by atoms with Gasteiger partial charge < -0.3 is 5.32 Å². The third kappa shape index (κ3) is 4.93. The first-order valence-corrected chi connectivity index (χ1v) is 13.9. The van der Waals surface area contributed by atoms with E-state index in [-0.39, 0.29) is 23.3 Å². The summed E-state index contributed by atoms with van der Waals surface area (Å²) in [7, 11) is 0. The number of carbonyl (C=O) groups is 1. The average molecular weight is 504 g/mol. The Labute approximate surface area is 213 Å². The summed E-state index contributed by atoms with van der Waals surface area (Å²) in [4.78, 5) is 33.7. The molecule has 2 aromatic heterocycles. The Bertz CT molecular complexity index is 1400. The maximum Gasteiger partial charge on any atom is 0.267 e. The van der Waals surface area contributed by atoms with E-state index in [1.54, 1.807) is 15.9 Å². The quantitative estimate of drug-likeness (QED) is 0.251. The zero-order valence-corrected chi connectivity index (χ0v) is 21.6. The zero-order valence-electron chi connectivity index (χ0n) is 20.0. The lowest BCUT2D eigenvalue weighted by molar-refractivity contribution is -0.119. The van der Waals surface area contributed by atoms with Gasteiger partial charge in [0.1, 0.15) is 4.83 Å². The number of aryl methyl sites for hydroxylation is 1. The van der Waals surface area contributed by atoms with Crippen molar-refractivity contribution in [2.75, 3.05) is 5.75 Å². The molecule has 0 bridgehead atoms. The number of benzene rings is 2. The molecule has 1 aliphatic carbocycles. The number of amides is 1. The molecule has 5 nitrogen and oxygen atoms in total. The first kappa shape index (κ1) is 23.8. The van der Waals surface area contributed by atoms with Crippen LogP contribution in [0.25, 0.3) is 15.9 Å². The molecule has 7 heteroatoms. The summed E-state index contributed by atoms with van der Waals surface area (Å²) in [5, 5.41) is 4.37. The number of rotatable bonds is 7. The van der Waals surface area contributed by atoms with E-state index in [1.165, 1.54) is 22.2 Å². The highest BCUT2D eigenvalue weighted by molar-refractivity contribution is 7.99. The van der Waals surface area contributed by atoms with Crippen LogP contribution in [-0.4, -0.2) is 21.2 Å². The minimum absolute atomic E-state index is 0.0331. The van der Waals surface area contributed by atoms with Crippen LogP contribution < -0.4 is 10.9 Å². The molecule has 0 aliphatic heterocycles. The summed E-state index contributed by atoms with van der Waals surface area (Å²) in [6.45, 7) is 4.21. The van der Waals surface area contributed by atoms with Gasteiger partial charge in [0.25, 0.3) is 5.56 Å². The molecule has 2 atom stereocenters. The Morgan fingerprint density at radius 3 is 2.60 bits per heavy atom. The zero-order chi connectivity index (χ0) is 24.4. The number of aromatic nitrogens is 2. The SMILES string of the molecule is CC[C@@H]1CCc2c(sc3nc(SCC(=O)N[C@@H](C)c4ccccc4)n(-c4ccccc4)c(=O)c23)C1. The van der Waals surface area contributed by atoms with Gasteiger partial charge in [-0.3, -0.25) is 14.2 Å². The van der Waals surface area contributed by atoms with Gasteiger partial charge in [-0.25, -0.2) is 4.98 Å². The molecule has 1 N–H and O–H groups in total. The average Bonchev–Trinajstić information content (AvgIpc) is 3.26. The summed E-state index contributed by atoms with van der Waals surface area (Å²) < 4.78 is 1.68. The summed E-state index contributed by atoms with van der Waals surface area (Å²) in [6, 6.07) is 19.4. The topological polar surface area (TPSA) is 64.0 Å². The number of hydrogen-bond donors (Lipinski definition) is 1. The lowest BCUT2D eigenvalue weighted by Gasteiger charge is -2.20. The second kappa shape index (κ2) is 10.4. The molecule has 0 spiro atoms. The lowest BCUT2D eigenvalue weighted by atomic mass is 9.86. The fourth-order valence-electron chi connectivity index (χ4n) is 4.76. The molecule has 0 unspecified atom stereocenters. The van der Waals surface area contributed by atoms with E-state index in [4.69, 9.17) is 4.98 Å². The first-order chi connectivity index (χ1) is 17.0. The van der Waals surface area contributed by atoms with Crippen LogP contribution in [0.5, 0.6) is 0 Å². The van der Waals surface area contributed by atoms with Gasteiger partial charge in [0.2, 0.25) is 5.91 Å². The predicted octanol–water partition coefficient (Wildman–Crippen LogP) is 5.93. The summed E-state index contributed by atoms with van der Waals surface area (Å²) in [5.41, 5.74) is 2.98. The van der Waals surface area contributed by atoms with Crippen LogP contribution in [0.3, 0.4) is 0 Å². The molecule has 35 heavy (non-hydrogen) atoms. The molecule has 0 saturated heterocycles. The van der Waals surface area contributed by atoms with E-state index in [9.17, 15) is 9.59 Å². The molecule has 4 aromatic rings. The first-order valence-electron chi connectivity index (χ1n) is 12.1. The van der Waals surface area contributed by atoms with E-state index in [0.717, 1.165) is 47.2 Å². The molecule has 180 valence electrons. The van der Waals surface area contributed by atoms with E-state index >= 15 is 0 Å². The number of nitrogens with zero attached hydrogens (tertiary/aromatic N) is 2. The molecular formula is C28H29N3O2S2. The Hall–Kier alpha value is -2.90. The fourth-order valence-corrected chi connectivity index (χ4v) is 6.96. The number of thioether (sulfide) groups is 1. The van der Waals surface area contributed by atoms with Crippen molar-refractivity contribution in [1.29, 1.82) is 0 Å². The highest BCUT2D eigenvalue weighted by Crippen LogP contribution is 2.37. The van der Waals surface area contributed by atoms with E-state index < -0.39 is 0 Å². The van der Waals surface area contributed by atoms with Crippen molar-refractivity contribution in [2.45, 2.75) is 50.7 Å². The Morgan fingerprint density at radius 2 is 1.89 bits per heavy atom. The lowest BCUT2D eigenvalue weighted by Crippen LogP contribution is -2.29. The summed E-state index contributed by atoms with van der Waals surface area (Å²) in [6.07, 6.45) is 4.25. The van der Waals surface area contributed by atoms with Crippen molar-refractivity contribution in [1.82, 2.24) is 14.9 Å². The largest absolute Gasteiger partial charge is 0.349 e. The fraction of sp³-hybridized carbons (Fsp3) is 0.321. The number of carbonyl (C=O) groups excluding carboxylic acids is 1. The third-order valence-corrected chi connectivity index (χ3v) is 8.84. The van der Waals surface area contributed by atoms with E-state index in [2.05, 4.69) is 12.2 Å². The van der Waals surface area contributed by atoms with Crippen molar-refractivity contribution in [3.8, 4) is 5.69 Å². The number of hydrogen-bond acceptors (Lipinski definition) is 5. The number of nitrogens with one attached hydrogen (secondary N) is 1. The highest BCUT2D eigenvalue weighted by Gasteiger charge is 2.26. The number of thiophene rings is 1. The Morgan fingerprint density at radius 1 is 1.17 bits per heavy atom. The second-order valence-electron chi connectivity index (χ2n) is 9.06. The number of fused-ring (bicyclic) bond motifs is 3. The maximum absolute atomic E-state index is 13.9. The molecule has 5 rings (SSSR count). The van der Waals surface area contributed by atoms with Crippen LogP contribution in [0.2, 0.25) is 0 Å². The van der Waals surface area contributed by atoms with Crippen molar-refractivity contribution < 1.29 is 4.79 Å². The van der Waals surface area contributed by atoms with Crippen molar-refractivity contribution in [2.24, 2.45) is 5.92 Å². The molecule has 0 fully saturated rings. The van der Waals surface area contributed by atoms with Gasteiger partial charge in [0, 0.05) is 4.88 Å². The molecule has 1 aliphatic rings. The molecule has 1 amide bonds. The van der Waals surface area contributed by atoms with Gasteiger partial charge in [0.05, 0.1) is 22.9 Å². The van der Waals surface area contributed by atoms with Crippen LogP contribution in [-0.2, 0) is 17.6 Å². The highest BCUT2D eigenvalue weighted by atomic mass is 32.2. The van der Waals surface area contributed by atoms with Crippen LogP contribution in [0.1, 0.15) is 48.7 Å². The molecule has 0 radical (unpaired) electrons. The van der Waals surface area contributed by atoms with Crippen LogP contribution in [0.15, 0.2) is 70.6 Å². The van der Waals surface area contributed by atoms with Gasteiger partial charge >= 0.3 is 0 Å². The maximum atomic E-state index is 13.9. The molecular weight excluding hydrogens is 474 g/mol. The molecule has 0 saturated carbocycles. The summed E-state index contributed by atoms with van der Waals surface area (Å²) >= 11 is 2.97. The smallest absolute Gasteiger partial charge is 0.267 e. The van der Waals surface area contributed by atoms with Gasteiger partial charge in [-0.15, -0.1) is 11.3 Å². The Kier molecular flexibility index (Phi) is 7.07. The van der Waals surface area contributed by atoms with Crippen molar-refractivity contribution in [3.63, 3.8) is 0 Å². The Balaban J connectivity index is 1.47. The van der Waals surface area contributed by atoms with Gasteiger partial charge in [0.15, 0.2) is 5.16 Å². The number of para-hydroxylation sites is 1. The summed E-state index contributed by atoms with van der Waals surface area (Å²) in [5.74, 6) is 0.776. The monoisotopic (exact) mass is 503 g/mol. The van der Waals surface area contributed by atoms with Gasteiger partial charge in [-0.2, -0.15) is 0 Å². The van der Waals surface area contributed by atoms with E-state index in [1.807, 2.05) is 67.6 Å². The normalized spacial score (nSPS) is 16.1. The van der Waals surface area contributed by atoms with Crippen molar-refractivity contribution >= 4 is 39.2 Å². The minimum Gasteiger partial charge on any atom is -0.349 e. The minimum atomic E-state index is -0.0911. The third-order valence-electron chi connectivity index (χ3n) is 6.76. The molecule has 2 aromatic carbocycles. The predicted molar refractivity (Wildman–Crippen MR) is 145 cm³/mol. The van der Waals surface area contributed by atoms with Gasteiger partial charge in [-0.1, -0.05) is 73.6 Å². The second-order valence-corrected chi connectivity index (χ2v) is 11.1. The molecule has 2 heterocycles. The van der Waals surface area contributed by atoms with E-state index in [0.29, 0.717) is 11.1 Å². The van der Waals surface area contributed by atoms with Crippen LogP contribution >= 0.6 is 23.1 Å². The van der Waals surface area contributed by atoms with Crippen molar-refractivity contribution in [3.05, 3.63) is 87.0 Å².